The van der Waals surface area contributed by atoms with E-state index in [1.807, 2.05) is 67.7 Å². The van der Waals surface area contributed by atoms with Crippen LogP contribution in [-0.2, 0) is 17.8 Å². The van der Waals surface area contributed by atoms with Gasteiger partial charge in [-0.25, -0.2) is 0 Å². The van der Waals surface area contributed by atoms with Gasteiger partial charge >= 0.3 is 0 Å². The van der Waals surface area contributed by atoms with Gasteiger partial charge in [-0.15, -0.1) is 0 Å². The molecule has 0 atom stereocenters. The van der Waals surface area contributed by atoms with Gasteiger partial charge in [0.2, 0.25) is 5.91 Å². The molecule has 2 amide bonds. The van der Waals surface area contributed by atoms with Gasteiger partial charge in [-0.2, -0.15) is 0 Å². The van der Waals surface area contributed by atoms with Crippen molar-refractivity contribution >= 4 is 28.4 Å². The van der Waals surface area contributed by atoms with Crippen molar-refractivity contribution in [2.24, 2.45) is 0 Å². The standard InChI is InChI=1S/C32H38N4O2/c1-4-5-20-36(32(38)26-11-7-6-8-12-26)24-31(37)35(23-25-15-17-28(18-16-25)34(2)3)21-19-27-22-33-30-14-10-9-13-29(27)30/h6-18,22,33H,4-5,19-21,23-24H2,1-3H3. The number of para-hydroxylation sites is 1. The lowest BCUT2D eigenvalue weighted by Crippen LogP contribution is -2.43. The van der Waals surface area contributed by atoms with Crippen LogP contribution >= 0.6 is 0 Å². The lowest BCUT2D eigenvalue weighted by Gasteiger charge is -2.28. The van der Waals surface area contributed by atoms with E-state index < -0.39 is 0 Å². The Hall–Kier alpha value is -4.06. The molecule has 0 aliphatic rings. The molecule has 0 radical (unpaired) electrons. The average molecular weight is 511 g/mol. The molecular weight excluding hydrogens is 472 g/mol. The zero-order valence-corrected chi connectivity index (χ0v) is 22.7. The average Bonchev–Trinajstić information content (AvgIpc) is 3.36. The van der Waals surface area contributed by atoms with E-state index in [1.165, 1.54) is 10.9 Å². The lowest BCUT2D eigenvalue weighted by molar-refractivity contribution is -0.132. The Labute approximate surface area is 225 Å². The molecule has 0 bridgehead atoms. The number of amides is 2. The fraction of sp³-hybridized carbons (Fsp3) is 0.312. The molecule has 0 unspecified atom stereocenters. The first-order chi connectivity index (χ1) is 18.5. The molecule has 0 fully saturated rings. The highest BCUT2D eigenvalue weighted by atomic mass is 16.2. The minimum absolute atomic E-state index is 0.0399. The first-order valence-electron chi connectivity index (χ1n) is 13.4. The zero-order chi connectivity index (χ0) is 26.9. The third kappa shape index (κ3) is 6.82. The number of carbonyl (C=O) groups is 2. The highest BCUT2D eigenvalue weighted by Crippen LogP contribution is 2.20. The van der Waals surface area contributed by atoms with Crippen LogP contribution in [0.15, 0.2) is 85.1 Å². The van der Waals surface area contributed by atoms with Crippen molar-refractivity contribution in [1.29, 1.82) is 0 Å². The number of anilines is 1. The number of nitrogens with zero attached hydrogens (tertiary/aromatic N) is 3. The Balaban J connectivity index is 1.54. The van der Waals surface area contributed by atoms with E-state index in [2.05, 4.69) is 53.2 Å². The van der Waals surface area contributed by atoms with Crippen molar-refractivity contribution in [3.05, 3.63) is 102 Å². The van der Waals surface area contributed by atoms with Gasteiger partial charge in [0.15, 0.2) is 0 Å². The van der Waals surface area contributed by atoms with E-state index in [0.717, 1.165) is 36.0 Å². The Kier molecular flexibility index (Phi) is 9.20. The van der Waals surface area contributed by atoms with Crippen LogP contribution in [0.4, 0.5) is 5.69 Å². The molecule has 6 nitrogen and oxygen atoms in total. The summed E-state index contributed by atoms with van der Waals surface area (Å²) in [5.41, 5.74) is 5.08. The molecule has 0 aliphatic heterocycles. The van der Waals surface area contributed by atoms with Gasteiger partial charge in [0.05, 0.1) is 0 Å². The van der Waals surface area contributed by atoms with Crippen LogP contribution in [0.1, 0.15) is 41.3 Å². The van der Waals surface area contributed by atoms with Crippen LogP contribution < -0.4 is 4.90 Å². The molecule has 0 spiro atoms. The predicted octanol–water partition coefficient (Wildman–Crippen LogP) is 5.75. The molecule has 0 aliphatic carbocycles. The first kappa shape index (κ1) is 27.0. The van der Waals surface area contributed by atoms with E-state index in [1.54, 1.807) is 4.90 Å². The lowest BCUT2D eigenvalue weighted by atomic mass is 10.1. The Bertz CT molecular complexity index is 1330. The summed E-state index contributed by atoms with van der Waals surface area (Å²) in [6, 6.07) is 25.8. The molecular formula is C32H38N4O2. The normalized spacial score (nSPS) is 10.9. The molecule has 198 valence electrons. The van der Waals surface area contributed by atoms with Crippen molar-refractivity contribution in [1.82, 2.24) is 14.8 Å². The van der Waals surface area contributed by atoms with Crippen LogP contribution in [-0.4, -0.2) is 60.3 Å². The molecule has 4 rings (SSSR count). The largest absolute Gasteiger partial charge is 0.378 e. The number of unbranched alkanes of at least 4 members (excludes halogenated alkanes) is 1. The smallest absolute Gasteiger partial charge is 0.254 e. The van der Waals surface area contributed by atoms with Crippen LogP contribution in [0.5, 0.6) is 0 Å². The Morgan fingerprint density at radius 3 is 2.24 bits per heavy atom. The number of fused-ring (bicyclic) bond motifs is 1. The number of H-pyrrole nitrogens is 1. The van der Waals surface area contributed by atoms with Gasteiger partial charge < -0.3 is 19.7 Å². The van der Waals surface area contributed by atoms with Crippen molar-refractivity contribution < 1.29 is 9.59 Å². The maximum Gasteiger partial charge on any atom is 0.254 e. The fourth-order valence-corrected chi connectivity index (χ4v) is 4.63. The summed E-state index contributed by atoms with van der Waals surface area (Å²) < 4.78 is 0. The summed E-state index contributed by atoms with van der Waals surface area (Å²) in [5, 5.41) is 1.18. The minimum Gasteiger partial charge on any atom is -0.378 e. The monoisotopic (exact) mass is 510 g/mol. The topological polar surface area (TPSA) is 59.7 Å². The third-order valence-corrected chi connectivity index (χ3v) is 6.92. The van der Waals surface area contributed by atoms with Crippen molar-refractivity contribution in [2.75, 3.05) is 38.6 Å². The summed E-state index contributed by atoms with van der Waals surface area (Å²) in [6.07, 6.45) is 4.57. The van der Waals surface area contributed by atoms with Crippen LogP contribution in [0.25, 0.3) is 10.9 Å². The second-order valence-electron chi connectivity index (χ2n) is 9.93. The van der Waals surface area contributed by atoms with Gasteiger partial charge in [0.25, 0.3) is 5.91 Å². The van der Waals surface area contributed by atoms with E-state index in [4.69, 9.17) is 0 Å². The molecule has 1 aromatic heterocycles. The van der Waals surface area contributed by atoms with E-state index in [-0.39, 0.29) is 18.4 Å². The van der Waals surface area contributed by atoms with Gasteiger partial charge in [0, 0.05) is 62.1 Å². The third-order valence-electron chi connectivity index (χ3n) is 6.92. The van der Waals surface area contributed by atoms with Gasteiger partial charge in [-0.05, 0) is 54.3 Å². The molecule has 1 heterocycles. The van der Waals surface area contributed by atoms with Crippen molar-refractivity contribution in [3.63, 3.8) is 0 Å². The second-order valence-corrected chi connectivity index (χ2v) is 9.93. The minimum atomic E-state index is -0.0979. The highest BCUT2D eigenvalue weighted by Gasteiger charge is 2.22. The summed E-state index contributed by atoms with van der Waals surface area (Å²) in [4.78, 5) is 36.1. The number of rotatable bonds is 12. The molecule has 6 heteroatoms. The van der Waals surface area contributed by atoms with Crippen molar-refractivity contribution in [3.8, 4) is 0 Å². The van der Waals surface area contributed by atoms with E-state index in [9.17, 15) is 9.59 Å². The van der Waals surface area contributed by atoms with Gasteiger partial charge in [0.1, 0.15) is 6.54 Å². The summed E-state index contributed by atoms with van der Waals surface area (Å²) in [6.45, 7) is 3.78. The summed E-state index contributed by atoms with van der Waals surface area (Å²) in [7, 11) is 4.03. The Morgan fingerprint density at radius 1 is 0.816 bits per heavy atom. The predicted molar refractivity (Wildman–Crippen MR) is 155 cm³/mol. The molecule has 3 aromatic carbocycles. The van der Waals surface area contributed by atoms with Crippen LogP contribution in [0.3, 0.4) is 0 Å². The maximum atomic E-state index is 13.8. The van der Waals surface area contributed by atoms with Crippen LogP contribution in [0, 0.1) is 0 Å². The Morgan fingerprint density at radius 2 is 1.53 bits per heavy atom. The molecule has 0 saturated carbocycles. The SMILES string of the molecule is CCCCN(CC(=O)N(CCc1c[nH]c2ccccc12)Cc1ccc(N(C)C)cc1)C(=O)c1ccccc1. The number of hydrogen-bond donors (Lipinski definition) is 1. The van der Waals surface area contributed by atoms with Crippen LogP contribution in [0.2, 0.25) is 0 Å². The van der Waals surface area contributed by atoms with Crippen molar-refractivity contribution in [2.45, 2.75) is 32.7 Å². The zero-order valence-electron chi connectivity index (χ0n) is 22.7. The summed E-state index contributed by atoms with van der Waals surface area (Å²) >= 11 is 0. The second kappa shape index (κ2) is 13.0. The molecule has 1 N–H and O–H groups in total. The molecule has 4 aromatic rings. The maximum absolute atomic E-state index is 13.8. The quantitative estimate of drug-likeness (QED) is 0.264. The molecule has 38 heavy (non-hydrogen) atoms. The summed E-state index contributed by atoms with van der Waals surface area (Å²) in [5.74, 6) is -0.138. The number of aromatic nitrogens is 1. The highest BCUT2D eigenvalue weighted by molar-refractivity contribution is 5.96. The van der Waals surface area contributed by atoms with Gasteiger partial charge in [-0.3, -0.25) is 9.59 Å². The number of benzene rings is 3. The number of nitrogens with one attached hydrogen (secondary N) is 1. The van der Waals surface area contributed by atoms with E-state index in [0.29, 0.717) is 25.2 Å². The fourth-order valence-electron chi connectivity index (χ4n) is 4.63. The number of aromatic amines is 1. The number of hydrogen-bond acceptors (Lipinski definition) is 3. The van der Waals surface area contributed by atoms with Gasteiger partial charge in [-0.1, -0.05) is 61.9 Å². The first-order valence-corrected chi connectivity index (χ1v) is 13.4. The number of carbonyl (C=O) groups excluding carboxylic acids is 2. The van der Waals surface area contributed by atoms with E-state index >= 15 is 0 Å². The molecule has 0 saturated heterocycles.